The van der Waals surface area contributed by atoms with Crippen LogP contribution >= 0.6 is 0 Å². The van der Waals surface area contributed by atoms with Crippen molar-refractivity contribution >= 4 is 0 Å². The van der Waals surface area contributed by atoms with E-state index in [9.17, 15) is 0 Å². The molecule has 0 heterocycles. The van der Waals surface area contributed by atoms with Crippen molar-refractivity contribution in [3.05, 3.63) is 0 Å². The highest BCUT2D eigenvalue weighted by Crippen LogP contribution is 1.78. The Kier molecular flexibility index (Phi) is 64.8. The second-order valence-electron chi connectivity index (χ2n) is 2.49. The highest BCUT2D eigenvalue weighted by atomic mass is 16.3. The van der Waals surface area contributed by atoms with E-state index in [0.717, 1.165) is 20.0 Å². The van der Waals surface area contributed by atoms with Gasteiger partial charge in [-0.25, -0.2) is 0 Å². The van der Waals surface area contributed by atoms with Crippen molar-refractivity contribution in [1.29, 1.82) is 0 Å². The summed E-state index contributed by atoms with van der Waals surface area (Å²) in [6.45, 7) is 7.77. The predicted molar refractivity (Wildman–Crippen MR) is 60.3 cm³/mol. The molecule has 0 aromatic rings. The van der Waals surface area contributed by atoms with Gasteiger partial charge in [0.1, 0.15) is 0 Å². The third-order valence-corrected chi connectivity index (χ3v) is 0.512. The second kappa shape index (κ2) is 38.5. The maximum Gasteiger partial charge on any atom is 0.0483 e. The van der Waals surface area contributed by atoms with E-state index in [-0.39, 0.29) is 12.7 Å². The van der Waals surface area contributed by atoms with Gasteiger partial charge in [0, 0.05) is 26.4 Å². The van der Waals surface area contributed by atoms with Crippen LogP contribution in [0.15, 0.2) is 0 Å². The molecule has 0 saturated heterocycles. The van der Waals surface area contributed by atoms with Crippen LogP contribution in [0.3, 0.4) is 0 Å². The van der Waals surface area contributed by atoms with Gasteiger partial charge in [0.15, 0.2) is 0 Å². The second-order valence-corrected chi connectivity index (χ2v) is 2.49. The lowest BCUT2D eigenvalue weighted by Gasteiger charge is -1.80. The molecule has 0 radical (unpaired) electrons. The molecule has 0 aromatic heterocycles. The van der Waals surface area contributed by atoms with Gasteiger partial charge in [0.05, 0.1) is 0 Å². The van der Waals surface area contributed by atoms with Crippen molar-refractivity contribution in [2.45, 2.75) is 46.6 Å². The van der Waals surface area contributed by atoms with E-state index in [1.54, 1.807) is 20.8 Å². The van der Waals surface area contributed by atoms with Crippen LogP contribution in [0.5, 0.6) is 0 Å². The van der Waals surface area contributed by atoms with Crippen molar-refractivity contribution in [2.75, 3.05) is 20.3 Å². The van der Waals surface area contributed by atoms with Gasteiger partial charge in [-0.3, -0.25) is 0 Å². The minimum absolute atomic E-state index is 0.167. The molecule has 0 unspecified atom stereocenters. The normalized spacial score (nSPS) is 7.29. The van der Waals surface area contributed by atoms with Crippen LogP contribution in [-0.2, 0) is 0 Å². The summed E-state index contributed by atoms with van der Waals surface area (Å²) in [4.78, 5) is 0. The van der Waals surface area contributed by atoms with Crippen molar-refractivity contribution in [2.24, 2.45) is 0 Å². The topological polar surface area (TPSA) is 80.9 Å². The first-order valence-electron chi connectivity index (χ1n) is 4.91. The van der Waals surface area contributed by atoms with Crippen LogP contribution in [0.25, 0.3) is 0 Å². The summed E-state index contributed by atoms with van der Waals surface area (Å²) in [6.07, 6.45) is 1.87. The van der Waals surface area contributed by atoms with E-state index >= 15 is 0 Å². The van der Waals surface area contributed by atoms with Crippen LogP contribution in [0, 0.1) is 0 Å². The van der Waals surface area contributed by atoms with Crippen molar-refractivity contribution < 1.29 is 20.4 Å². The first-order valence-corrected chi connectivity index (χ1v) is 4.91. The molecule has 4 heteroatoms. The smallest absolute Gasteiger partial charge is 0.0483 e. The maximum absolute atomic E-state index is 8.07. The number of aliphatic hydroxyl groups excluding tert-OH is 4. The molecule has 0 amide bonds. The monoisotopic (exact) mass is 212 g/mol. The lowest BCUT2D eigenvalue weighted by atomic mass is 10.4. The quantitative estimate of drug-likeness (QED) is 0.545. The fourth-order valence-corrected chi connectivity index (χ4v) is 0.158. The van der Waals surface area contributed by atoms with Gasteiger partial charge in [-0.1, -0.05) is 13.3 Å². The Morgan fingerprint density at radius 2 is 1.21 bits per heavy atom. The van der Waals surface area contributed by atoms with E-state index in [1.165, 1.54) is 0 Å². The van der Waals surface area contributed by atoms with Gasteiger partial charge in [0.2, 0.25) is 0 Å². The number of hydrogen-bond donors (Lipinski definition) is 4. The summed E-state index contributed by atoms with van der Waals surface area (Å²) in [5.74, 6) is 0. The standard InChI is InChI=1S/C4H10O.C3H8O.C2H6O.CH4O/c1-2-3-4-5;1-3(2)4;1-2-3;1-2/h5H,2-4H2,1H3;3-4H,1-2H3;3H,2H2,1H3;2H,1H3. The third-order valence-electron chi connectivity index (χ3n) is 0.512. The van der Waals surface area contributed by atoms with Gasteiger partial charge in [-0.05, 0) is 27.2 Å². The molecule has 0 saturated carbocycles. The highest BCUT2D eigenvalue weighted by molar-refractivity contribution is 4.23. The Hall–Kier alpha value is -0.160. The number of hydrogen-bond acceptors (Lipinski definition) is 4. The van der Waals surface area contributed by atoms with E-state index in [1.807, 2.05) is 0 Å². The largest absolute Gasteiger partial charge is 0.400 e. The van der Waals surface area contributed by atoms with Gasteiger partial charge >= 0.3 is 0 Å². The van der Waals surface area contributed by atoms with Gasteiger partial charge in [-0.15, -0.1) is 0 Å². The molecule has 92 valence electrons. The molecule has 0 spiro atoms. The Bertz CT molecular complexity index is 44.6. The van der Waals surface area contributed by atoms with Gasteiger partial charge < -0.3 is 20.4 Å². The summed E-state index contributed by atoms with van der Waals surface area (Å²) in [5, 5.41) is 30.7. The van der Waals surface area contributed by atoms with Crippen LogP contribution in [0.2, 0.25) is 0 Å². The zero-order valence-electron chi connectivity index (χ0n) is 10.2. The zero-order chi connectivity index (χ0) is 12.4. The average Bonchev–Trinajstić information content (AvgIpc) is 2.09. The molecule has 0 aliphatic heterocycles. The first kappa shape index (κ1) is 23.6. The summed E-state index contributed by atoms with van der Waals surface area (Å²) in [5.41, 5.74) is 0. The molecule has 0 rings (SSSR count). The van der Waals surface area contributed by atoms with E-state index < -0.39 is 0 Å². The Morgan fingerprint density at radius 3 is 1.21 bits per heavy atom. The summed E-state index contributed by atoms with van der Waals surface area (Å²) in [6, 6.07) is 0. The van der Waals surface area contributed by atoms with Gasteiger partial charge in [-0.2, -0.15) is 0 Å². The summed E-state index contributed by atoms with van der Waals surface area (Å²) in [7, 11) is 1.00. The van der Waals surface area contributed by atoms with E-state index in [0.29, 0.717) is 6.61 Å². The molecular formula is C10H28O4. The first-order chi connectivity index (χ1) is 6.56. The van der Waals surface area contributed by atoms with Crippen LogP contribution in [0.4, 0.5) is 0 Å². The molecule has 0 atom stereocenters. The zero-order valence-corrected chi connectivity index (χ0v) is 10.2. The third kappa shape index (κ3) is 411. The number of aliphatic hydroxyl groups is 4. The summed E-state index contributed by atoms with van der Waals surface area (Å²) < 4.78 is 0. The highest BCUT2D eigenvalue weighted by Gasteiger charge is 1.69. The molecule has 0 fully saturated rings. The Morgan fingerprint density at radius 1 is 1.00 bits per heavy atom. The van der Waals surface area contributed by atoms with Crippen LogP contribution < -0.4 is 0 Å². The fourth-order valence-electron chi connectivity index (χ4n) is 0.158. The van der Waals surface area contributed by atoms with Crippen LogP contribution in [-0.4, -0.2) is 46.9 Å². The number of unbranched alkanes of at least 4 members (excludes halogenated alkanes) is 1. The molecular weight excluding hydrogens is 184 g/mol. The molecule has 0 aromatic carbocycles. The maximum atomic E-state index is 8.07. The molecule has 4 nitrogen and oxygen atoms in total. The molecule has 14 heavy (non-hydrogen) atoms. The van der Waals surface area contributed by atoms with Crippen molar-refractivity contribution in [3.63, 3.8) is 0 Å². The predicted octanol–water partition coefficient (Wildman–Crippen LogP) is 0.773. The number of rotatable bonds is 2. The lowest BCUT2D eigenvalue weighted by Crippen LogP contribution is -1.85. The van der Waals surface area contributed by atoms with Crippen molar-refractivity contribution in [1.82, 2.24) is 0 Å². The molecule has 0 aliphatic carbocycles. The summed E-state index contributed by atoms with van der Waals surface area (Å²) >= 11 is 0. The van der Waals surface area contributed by atoms with E-state index in [2.05, 4.69) is 6.92 Å². The molecule has 0 bridgehead atoms. The average molecular weight is 212 g/mol. The Balaban J connectivity index is -0.0000000505. The SMILES string of the molecule is CC(C)O.CCCCO.CCO.CO. The van der Waals surface area contributed by atoms with Crippen LogP contribution in [0.1, 0.15) is 40.5 Å². The minimum Gasteiger partial charge on any atom is -0.400 e. The fraction of sp³-hybridized carbons (Fsp3) is 1.00. The van der Waals surface area contributed by atoms with Crippen molar-refractivity contribution in [3.8, 4) is 0 Å². The Labute approximate surface area is 88.2 Å². The molecule has 4 N–H and O–H groups in total. The minimum atomic E-state index is -0.167. The van der Waals surface area contributed by atoms with E-state index in [4.69, 9.17) is 20.4 Å². The van der Waals surface area contributed by atoms with Gasteiger partial charge in [0.25, 0.3) is 0 Å². The lowest BCUT2D eigenvalue weighted by molar-refractivity contribution is 0.216. The molecule has 0 aliphatic rings.